The van der Waals surface area contributed by atoms with E-state index in [-0.39, 0.29) is 5.91 Å². The van der Waals surface area contributed by atoms with Crippen molar-refractivity contribution in [1.82, 2.24) is 15.2 Å². The van der Waals surface area contributed by atoms with Crippen molar-refractivity contribution in [3.05, 3.63) is 53.7 Å². The molecule has 1 fully saturated rings. The zero-order valence-electron chi connectivity index (χ0n) is 15.1. The fourth-order valence-corrected chi connectivity index (χ4v) is 3.79. The van der Waals surface area contributed by atoms with Gasteiger partial charge in [0.2, 0.25) is 0 Å². The molecule has 0 atom stereocenters. The summed E-state index contributed by atoms with van der Waals surface area (Å²) in [4.78, 5) is 20.6. The molecule has 0 radical (unpaired) electrons. The van der Waals surface area contributed by atoms with Gasteiger partial charge < -0.3 is 10.1 Å². The van der Waals surface area contributed by atoms with E-state index >= 15 is 0 Å². The molecule has 5 nitrogen and oxygen atoms in total. The van der Waals surface area contributed by atoms with E-state index < -0.39 is 0 Å². The van der Waals surface area contributed by atoms with Crippen LogP contribution in [0.1, 0.15) is 22.5 Å². The maximum absolute atomic E-state index is 12.6. The number of aryl methyl sites for hydroxylation is 1. The molecule has 0 aliphatic carbocycles. The predicted molar refractivity (Wildman–Crippen MR) is 104 cm³/mol. The SMILES string of the molecule is Cc1ccc(C(=O)NCCCN2CCOCC2)c(Sc2ccccc2)n1. The van der Waals surface area contributed by atoms with Crippen LogP contribution < -0.4 is 5.32 Å². The Bertz CT molecular complexity index is 718. The molecule has 1 aromatic carbocycles. The van der Waals surface area contributed by atoms with Crippen LogP contribution in [-0.2, 0) is 4.74 Å². The lowest BCUT2D eigenvalue weighted by Gasteiger charge is -2.26. The van der Waals surface area contributed by atoms with Gasteiger partial charge in [0.05, 0.1) is 18.8 Å². The first-order chi connectivity index (χ1) is 12.7. The van der Waals surface area contributed by atoms with Crippen molar-refractivity contribution in [2.75, 3.05) is 39.4 Å². The highest BCUT2D eigenvalue weighted by atomic mass is 32.2. The third kappa shape index (κ3) is 5.56. The summed E-state index contributed by atoms with van der Waals surface area (Å²) in [6, 6.07) is 13.8. The molecule has 1 aliphatic rings. The number of amides is 1. The second-order valence-electron chi connectivity index (χ2n) is 6.28. The van der Waals surface area contributed by atoms with Crippen molar-refractivity contribution in [1.29, 1.82) is 0 Å². The second-order valence-corrected chi connectivity index (χ2v) is 7.35. The third-order valence-electron chi connectivity index (χ3n) is 4.24. The molecule has 1 saturated heterocycles. The highest BCUT2D eigenvalue weighted by Gasteiger charge is 2.15. The number of nitrogens with one attached hydrogen (secondary N) is 1. The Kier molecular flexibility index (Phi) is 7.05. The van der Waals surface area contributed by atoms with Crippen LogP contribution in [0.15, 0.2) is 52.4 Å². The topological polar surface area (TPSA) is 54.5 Å². The van der Waals surface area contributed by atoms with Crippen molar-refractivity contribution in [3.63, 3.8) is 0 Å². The number of aromatic nitrogens is 1. The molecular formula is C20H25N3O2S. The number of pyridine rings is 1. The van der Waals surface area contributed by atoms with Crippen LogP contribution in [0.2, 0.25) is 0 Å². The predicted octanol–water partition coefficient (Wildman–Crippen LogP) is 2.99. The number of nitrogens with zero attached hydrogens (tertiary/aromatic N) is 2. The molecule has 1 N–H and O–H groups in total. The van der Waals surface area contributed by atoms with Gasteiger partial charge in [-0.05, 0) is 44.2 Å². The standard InChI is InChI=1S/C20H25N3O2S/c1-16-8-9-18(20(22-16)26-17-6-3-2-4-7-17)19(24)21-10-5-11-23-12-14-25-15-13-23/h2-4,6-9H,5,10-15H2,1H3,(H,21,24). The maximum Gasteiger partial charge on any atom is 0.254 e. The average Bonchev–Trinajstić information content (AvgIpc) is 2.67. The Morgan fingerprint density at radius 3 is 2.73 bits per heavy atom. The number of rotatable bonds is 7. The average molecular weight is 372 g/mol. The molecular weight excluding hydrogens is 346 g/mol. The minimum Gasteiger partial charge on any atom is -0.379 e. The van der Waals surface area contributed by atoms with Gasteiger partial charge in [-0.15, -0.1) is 0 Å². The number of carbonyl (C=O) groups is 1. The smallest absolute Gasteiger partial charge is 0.254 e. The summed E-state index contributed by atoms with van der Waals surface area (Å²) in [6.45, 7) is 7.17. The number of hydrogen-bond donors (Lipinski definition) is 1. The molecule has 1 aromatic heterocycles. The van der Waals surface area contributed by atoms with Gasteiger partial charge in [0.25, 0.3) is 5.91 Å². The third-order valence-corrected chi connectivity index (χ3v) is 5.25. The summed E-state index contributed by atoms with van der Waals surface area (Å²) in [7, 11) is 0. The van der Waals surface area contributed by atoms with Crippen LogP contribution in [0.25, 0.3) is 0 Å². The quantitative estimate of drug-likeness (QED) is 0.759. The molecule has 2 aromatic rings. The lowest BCUT2D eigenvalue weighted by atomic mass is 10.2. The van der Waals surface area contributed by atoms with Crippen molar-refractivity contribution < 1.29 is 9.53 Å². The van der Waals surface area contributed by atoms with Crippen molar-refractivity contribution in [2.45, 2.75) is 23.3 Å². The zero-order chi connectivity index (χ0) is 18.2. The van der Waals surface area contributed by atoms with Crippen LogP contribution in [0.5, 0.6) is 0 Å². The van der Waals surface area contributed by atoms with E-state index in [1.807, 2.05) is 49.4 Å². The van der Waals surface area contributed by atoms with Crippen LogP contribution in [0.4, 0.5) is 0 Å². The minimum atomic E-state index is -0.0575. The maximum atomic E-state index is 12.6. The molecule has 6 heteroatoms. The number of hydrogen-bond acceptors (Lipinski definition) is 5. The fraction of sp³-hybridized carbons (Fsp3) is 0.400. The minimum absolute atomic E-state index is 0.0575. The first-order valence-corrected chi connectivity index (χ1v) is 9.83. The summed E-state index contributed by atoms with van der Waals surface area (Å²) >= 11 is 1.52. The normalized spacial score (nSPS) is 15.0. The van der Waals surface area contributed by atoms with Crippen LogP contribution >= 0.6 is 11.8 Å². The van der Waals surface area contributed by atoms with Gasteiger partial charge in [0, 0.05) is 30.2 Å². The molecule has 138 valence electrons. The van der Waals surface area contributed by atoms with Gasteiger partial charge in [-0.2, -0.15) is 0 Å². The lowest BCUT2D eigenvalue weighted by Crippen LogP contribution is -2.38. The molecule has 0 spiro atoms. The van der Waals surface area contributed by atoms with Gasteiger partial charge in [-0.3, -0.25) is 9.69 Å². The van der Waals surface area contributed by atoms with Crippen LogP contribution in [0, 0.1) is 6.92 Å². The lowest BCUT2D eigenvalue weighted by molar-refractivity contribution is 0.0374. The van der Waals surface area contributed by atoms with Gasteiger partial charge in [-0.1, -0.05) is 30.0 Å². The number of ether oxygens (including phenoxy) is 1. The van der Waals surface area contributed by atoms with Crippen molar-refractivity contribution >= 4 is 17.7 Å². The Balaban J connectivity index is 1.56. The second kappa shape index (κ2) is 9.71. The summed E-state index contributed by atoms with van der Waals surface area (Å²) in [5.74, 6) is -0.0575. The number of morpholine rings is 1. The van der Waals surface area contributed by atoms with E-state index in [1.54, 1.807) is 0 Å². The van der Waals surface area contributed by atoms with Crippen LogP contribution in [-0.4, -0.2) is 55.2 Å². The fourth-order valence-electron chi connectivity index (χ4n) is 2.81. The molecule has 0 unspecified atom stereocenters. The van der Waals surface area contributed by atoms with Crippen molar-refractivity contribution in [2.24, 2.45) is 0 Å². The van der Waals surface area contributed by atoms with Gasteiger partial charge in [0.1, 0.15) is 5.03 Å². The van der Waals surface area contributed by atoms with E-state index in [1.165, 1.54) is 11.8 Å². The van der Waals surface area contributed by atoms with Gasteiger partial charge >= 0.3 is 0 Å². The zero-order valence-corrected chi connectivity index (χ0v) is 15.9. The van der Waals surface area contributed by atoms with Crippen LogP contribution in [0.3, 0.4) is 0 Å². The first-order valence-electron chi connectivity index (χ1n) is 9.01. The van der Waals surface area contributed by atoms with E-state index in [2.05, 4.69) is 15.2 Å². The summed E-state index contributed by atoms with van der Waals surface area (Å²) in [5, 5.41) is 3.79. The largest absolute Gasteiger partial charge is 0.379 e. The van der Waals surface area contributed by atoms with E-state index in [0.717, 1.165) is 54.9 Å². The number of benzene rings is 1. The van der Waals surface area contributed by atoms with E-state index in [9.17, 15) is 4.79 Å². The highest BCUT2D eigenvalue weighted by Crippen LogP contribution is 2.28. The summed E-state index contributed by atoms with van der Waals surface area (Å²) < 4.78 is 5.35. The van der Waals surface area contributed by atoms with Gasteiger partial charge in [-0.25, -0.2) is 4.98 Å². The van der Waals surface area contributed by atoms with Crippen molar-refractivity contribution in [3.8, 4) is 0 Å². The Labute approximate surface area is 159 Å². The highest BCUT2D eigenvalue weighted by molar-refractivity contribution is 7.99. The molecule has 1 amide bonds. The molecule has 0 bridgehead atoms. The molecule has 1 aliphatic heterocycles. The van der Waals surface area contributed by atoms with E-state index in [0.29, 0.717) is 12.1 Å². The monoisotopic (exact) mass is 371 g/mol. The Hall–Kier alpha value is -1.89. The summed E-state index contributed by atoms with van der Waals surface area (Å²) in [5.41, 5.74) is 1.54. The molecule has 0 saturated carbocycles. The number of carbonyl (C=O) groups excluding carboxylic acids is 1. The molecule has 26 heavy (non-hydrogen) atoms. The molecule has 2 heterocycles. The Morgan fingerprint density at radius 1 is 1.19 bits per heavy atom. The molecule has 3 rings (SSSR count). The first kappa shape index (κ1) is 18.9. The Morgan fingerprint density at radius 2 is 1.96 bits per heavy atom. The van der Waals surface area contributed by atoms with E-state index in [4.69, 9.17) is 4.74 Å². The summed E-state index contributed by atoms with van der Waals surface area (Å²) in [6.07, 6.45) is 0.937. The van der Waals surface area contributed by atoms with Gasteiger partial charge in [0.15, 0.2) is 0 Å².